The van der Waals surface area contributed by atoms with Crippen LogP contribution in [0.2, 0.25) is 0 Å². The summed E-state index contributed by atoms with van der Waals surface area (Å²) < 4.78 is 8.67. The molecule has 0 bridgehead atoms. The Morgan fingerprint density at radius 3 is 2.77 bits per heavy atom. The zero-order chi connectivity index (χ0) is 21.1. The lowest BCUT2D eigenvalue weighted by atomic mass is 10.0. The lowest BCUT2D eigenvalue weighted by Gasteiger charge is -2.11. The summed E-state index contributed by atoms with van der Waals surface area (Å²) in [7, 11) is 0. The number of nitrogens with one attached hydrogen (secondary N) is 1. The fraction of sp³-hybridized carbons (Fsp3) is 0.435. The maximum absolute atomic E-state index is 12.8. The van der Waals surface area contributed by atoms with Gasteiger partial charge in [-0.1, -0.05) is 38.1 Å². The molecular formula is C23H28N4O3. The average molecular weight is 409 g/mol. The van der Waals surface area contributed by atoms with Crippen LogP contribution in [0, 0.1) is 0 Å². The molecule has 1 fully saturated rings. The number of benzene rings is 1. The summed E-state index contributed by atoms with van der Waals surface area (Å²) in [5, 5.41) is 7.43. The molecule has 1 aliphatic rings. The van der Waals surface area contributed by atoms with Crippen molar-refractivity contribution in [1.29, 1.82) is 0 Å². The Morgan fingerprint density at radius 1 is 1.27 bits per heavy atom. The highest BCUT2D eigenvalue weighted by atomic mass is 16.5. The van der Waals surface area contributed by atoms with Crippen molar-refractivity contribution in [1.82, 2.24) is 19.5 Å². The standard InChI is InChI=1S/C23H28N4O3/c1-16(2)17-5-7-18(8-6-17)20-14-21-23(29)26(11-12-27(21)25-20)10-9-22(28)24-15-19-4-3-13-30-19/h5-8,11-12,14,16,19H,3-4,9-10,13,15H2,1-2H3,(H,24,28). The van der Waals surface area contributed by atoms with E-state index in [9.17, 15) is 9.59 Å². The Hall–Kier alpha value is -2.93. The SMILES string of the molecule is CC(C)c1ccc(-c2cc3c(=O)n(CCC(=O)NCC4CCCO4)ccn3n2)cc1. The number of nitrogens with zero attached hydrogens (tertiary/aromatic N) is 3. The number of hydrogen-bond donors (Lipinski definition) is 1. The van der Waals surface area contributed by atoms with Crippen molar-refractivity contribution >= 4 is 11.4 Å². The van der Waals surface area contributed by atoms with E-state index in [0.29, 0.717) is 24.5 Å². The van der Waals surface area contributed by atoms with Crippen LogP contribution in [0.1, 0.15) is 44.6 Å². The maximum Gasteiger partial charge on any atom is 0.276 e. The molecule has 0 radical (unpaired) electrons. The molecule has 1 N–H and O–H groups in total. The summed E-state index contributed by atoms with van der Waals surface area (Å²) in [4.78, 5) is 25.0. The Morgan fingerprint density at radius 2 is 2.07 bits per heavy atom. The lowest BCUT2D eigenvalue weighted by molar-refractivity contribution is -0.121. The molecule has 3 heterocycles. The van der Waals surface area contributed by atoms with Gasteiger partial charge in [-0.3, -0.25) is 9.59 Å². The first-order valence-corrected chi connectivity index (χ1v) is 10.6. The van der Waals surface area contributed by atoms with Gasteiger partial charge in [0, 0.05) is 44.1 Å². The topological polar surface area (TPSA) is 77.6 Å². The second kappa shape index (κ2) is 8.83. The van der Waals surface area contributed by atoms with Crippen molar-refractivity contribution in [2.45, 2.75) is 51.7 Å². The Bertz CT molecular complexity index is 1080. The third-order valence-electron chi connectivity index (χ3n) is 5.61. The van der Waals surface area contributed by atoms with E-state index in [1.165, 1.54) is 5.56 Å². The summed E-state index contributed by atoms with van der Waals surface area (Å²) >= 11 is 0. The molecule has 3 aromatic rings. The van der Waals surface area contributed by atoms with Gasteiger partial charge in [0.1, 0.15) is 5.52 Å². The van der Waals surface area contributed by atoms with Gasteiger partial charge in [-0.25, -0.2) is 4.52 Å². The van der Waals surface area contributed by atoms with Gasteiger partial charge >= 0.3 is 0 Å². The zero-order valence-electron chi connectivity index (χ0n) is 17.5. The summed E-state index contributed by atoms with van der Waals surface area (Å²) in [6.07, 6.45) is 5.84. The van der Waals surface area contributed by atoms with E-state index in [-0.39, 0.29) is 24.0 Å². The average Bonchev–Trinajstić information content (AvgIpc) is 3.42. The third kappa shape index (κ3) is 4.46. The molecule has 1 aliphatic heterocycles. The fourth-order valence-corrected chi connectivity index (χ4v) is 3.73. The molecule has 1 atom stereocenters. The molecule has 1 unspecified atom stereocenters. The van der Waals surface area contributed by atoms with Gasteiger partial charge in [0.25, 0.3) is 5.56 Å². The van der Waals surface area contributed by atoms with Gasteiger partial charge in [-0.15, -0.1) is 0 Å². The summed E-state index contributed by atoms with van der Waals surface area (Å²) in [5.41, 5.74) is 3.35. The summed E-state index contributed by atoms with van der Waals surface area (Å²) in [5.74, 6) is 0.395. The van der Waals surface area contributed by atoms with E-state index in [0.717, 1.165) is 30.7 Å². The predicted molar refractivity (Wildman–Crippen MR) is 116 cm³/mol. The number of amides is 1. The number of aromatic nitrogens is 3. The van der Waals surface area contributed by atoms with Gasteiger partial charge < -0.3 is 14.6 Å². The van der Waals surface area contributed by atoms with E-state index < -0.39 is 0 Å². The van der Waals surface area contributed by atoms with E-state index in [1.54, 1.807) is 27.5 Å². The Labute approximate surface area is 175 Å². The monoisotopic (exact) mass is 408 g/mol. The lowest BCUT2D eigenvalue weighted by Crippen LogP contribution is -2.33. The molecule has 158 valence electrons. The molecule has 7 heteroatoms. The Balaban J connectivity index is 1.44. The van der Waals surface area contributed by atoms with Crippen molar-refractivity contribution in [2.75, 3.05) is 13.2 Å². The predicted octanol–water partition coefficient (Wildman–Crippen LogP) is 2.97. The quantitative estimate of drug-likeness (QED) is 0.652. The number of rotatable bonds is 7. The summed E-state index contributed by atoms with van der Waals surface area (Å²) in [6.45, 7) is 5.95. The number of aryl methyl sites for hydroxylation is 1. The summed E-state index contributed by atoms with van der Waals surface area (Å²) in [6, 6.07) is 10.1. The first kappa shape index (κ1) is 20.3. The van der Waals surface area contributed by atoms with Crippen LogP contribution in [0.25, 0.3) is 16.8 Å². The molecular weight excluding hydrogens is 380 g/mol. The number of ether oxygens (including phenoxy) is 1. The van der Waals surface area contributed by atoms with Crippen molar-refractivity contribution in [3.63, 3.8) is 0 Å². The van der Waals surface area contributed by atoms with Crippen LogP contribution in [-0.4, -0.2) is 39.3 Å². The molecule has 1 amide bonds. The molecule has 2 aromatic heterocycles. The molecule has 7 nitrogen and oxygen atoms in total. The maximum atomic E-state index is 12.8. The van der Waals surface area contributed by atoms with Crippen LogP contribution in [0.3, 0.4) is 0 Å². The highest BCUT2D eigenvalue weighted by Gasteiger charge is 2.16. The minimum Gasteiger partial charge on any atom is -0.376 e. The van der Waals surface area contributed by atoms with Crippen LogP contribution in [-0.2, 0) is 16.1 Å². The van der Waals surface area contributed by atoms with Gasteiger partial charge in [-0.05, 0) is 30.4 Å². The van der Waals surface area contributed by atoms with E-state index >= 15 is 0 Å². The van der Waals surface area contributed by atoms with Gasteiger partial charge in [0.05, 0.1) is 11.8 Å². The number of carbonyl (C=O) groups is 1. The van der Waals surface area contributed by atoms with Gasteiger partial charge in [0.15, 0.2) is 0 Å². The number of carbonyl (C=O) groups excluding carboxylic acids is 1. The number of fused-ring (bicyclic) bond motifs is 1. The second-order valence-corrected chi connectivity index (χ2v) is 8.12. The minimum atomic E-state index is -0.151. The Kier molecular flexibility index (Phi) is 5.99. The first-order valence-electron chi connectivity index (χ1n) is 10.6. The molecule has 1 saturated heterocycles. The van der Waals surface area contributed by atoms with Crippen LogP contribution in [0.5, 0.6) is 0 Å². The normalized spacial score (nSPS) is 16.4. The van der Waals surface area contributed by atoms with Crippen LogP contribution < -0.4 is 10.9 Å². The third-order valence-corrected chi connectivity index (χ3v) is 5.61. The number of hydrogen-bond acceptors (Lipinski definition) is 4. The molecule has 0 aliphatic carbocycles. The largest absolute Gasteiger partial charge is 0.376 e. The van der Waals surface area contributed by atoms with E-state index in [4.69, 9.17) is 4.74 Å². The smallest absolute Gasteiger partial charge is 0.276 e. The van der Waals surface area contributed by atoms with Crippen LogP contribution in [0.4, 0.5) is 0 Å². The van der Waals surface area contributed by atoms with Gasteiger partial charge in [-0.2, -0.15) is 5.10 Å². The van der Waals surface area contributed by atoms with Crippen molar-refractivity contribution < 1.29 is 9.53 Å². The fourth-order valence-electron chi connectivity index (χ4n) is 3.73. The second-order valence-electron chi connectivity index (χ2n) is 8.12. The minimum absolute atomic E-state index is 0.0725. The molecule has 1 aromatic carbocycles. The van der Waals surface area contributed by atoms with Crippen molar-refractivity contribution in [3.8, 4) is 11.3 Å². The zero-order valence-corrected chi connectivity index (χ0v) is 17.5. The molecule has 0 saturated carbocycles. The molecule has 0 spiro atoms. The van der Waals surface area contributed by atoms with Crippen LogP contribution in [0.15, 0.2) is 47.5 Å². The van der Waals surface area contributed by atoms with E-state index in [2.05, 4.69) is 36.4 Å². The van der Waals surface area contributed by atoms with Gasteiger partial charge in [0.2, 0.25) is 5.91 Å². The molecule has 4 rings (SSSR count). The van der Waals surface area contributed by atoms with Crippen molar-refractivity contribution in [2.24, 2.45) is 0 Å². The first-order chi connectivity index (χ1) is 14.5. The highest BCUT2D eigenvalue weighted by molar-refractivity contribution is 5.75. The van der Waals surface area contributed by atoms with Crippen LogP contribution >= 0.6 is 0 Å². The molecule has 30 heavy (non-hydrogen) atoms. The van der Waals surface area contributed by atoms with E-state index in [1.807, 2.05) is 12.1 Å². The van der Waals surface area contributed by atoms with Crippen molar-refractivity contribution in [3.05, 3.63) is 58.6 Å². The highest BCUT2D eigenvalue weighted by Crippen LogP contribution is 2.22.